The molecule has 1 aliphatic carbocycles. The van der Waals surface area contributed by atoms with Crippen LogP contribution in [0.5, 0.6) is 0 Å². The van der Waals surface area contributed by atoms with Gasteiger partial charge in [0.2, 0.25) is 0 Å². The Morgan fingerprint density at radius 3 is 2.27 bits per heavy atom. The highest BCUT2D eigenvalue weighted by Crippen LogP contribution is 2.35. The third-order valence-corrected chi connectivity index (χ3v) is 7.11. The first kappa shape index (κ1) is 23.4. The van der Waals surface area contributed by atoms with Gasteiger partial charge in [0.1, 0.15) is 17.5 Å². The van der Waals surface area contributed by atoms with E-state index < -0.39 is 17.5 Å². The third-order valence-electron chi connectivity index (χ3n) is 7.11. The smallest absolute Gasteiger partial charge is 0.132 e. The quantitative estimate of drug-likeness (QED) is 0.588. The minimum atomic E-state index is -0.584. The van der Waals surface area contributed by atoms with Gasteiger partial charge in [0, 0.05) is 29.3 Å². The highest BCUT2D eigenvalue weighted by Gasteiger charge is 2.40. The van der Waals surface area contributed by atoms with E-state index in [2.05, 4.69) is 18.5 Å². The molecule has 4 rings (SSSR count). The van der Waals surface area contributed by atoms with E-state index >= 15 is 4.39 Å². The molecule has 0 radical (unpaired) electrons. The predicted octanol–water partition coefficient (Wildman–Crippen LogP) is 6.14. The van der Waals surface area contributed by atoms with Crippen LogP contribution in [0.4, 0.5) is 13.2 Å². The number of nitrogens with two attached hydrogens (primary N) is 1. The van der Waals surface area contributed by atoms with Gasteiger partial charge in [-0.2, -0.15) is 5.10 Å². The molecule has 0 spiro atoms. The minimum absolute atomic E-state index is 0.00172. The number of benzene rings is 2. The third kappa shape index (κ3) is 4.40. The summed E-state index contributed by atoms with van der Waals surface area (Å²) in [5, 5.41) is 6.93. The maximum absolute atomic E-state index is 15.3. The number of hydrogen-bond acceptors (Lipinski definition) is 3. The van der Waals surface area contributed by atoms with Gasteiger partial charge in [0.25, 0.3) is 0 Å². The maximum Gasteiger partial charge on any atom is 0.132 e. The second-order valence-electron chi connectivity index (χ2n) is 9.56. The predicted molar refractivity (Wildman–Crippen MR) is 127 cm³/mol. The van der Waals surface area contributed by atoms with Crippen molar-refractivity contribution < 1.29 is 13.2 Å². The number of nitrogens with zero attached hydrogens (tertiary/aromatic N) is 2. The largest absolute Gasteiger partial charge is 0.402 e. The molecule has 0 bridgehead atoms. The van der Waals surface area contributed by atoms with E-state index in [0.29, 0.717) is 39.7 Å². The number of aryl methyl sites for hydroxylation is 2. The van der Waals surface area contributed by atoms with Gasteiger partial charge in [0.05, 0.1) is 17.7 Å². The van der Waals surface area contributed by atoms with Crippen LogP contribution in [-0.4, -0.2) is 22.8 Å². The van der Waals surface area contributed by atoms with E-state index in [9.17, 15) is 8.78 Å². The Morgan fingerprint density at radius 1 is 1.06 bits per heavy atom. The van der Waals surface area contributed by atoms with E-state index in [1.807, 2.05) is 0 Å². The second kappa shape index (κ2) is 9.24. The molecule has 1 fully saturated rings. The number of hydrazone groups is 1. The van der Waals surface area contributed by atoms with Crippen LogP contribution in [0.3, 0.4) is 0 Å². The molecule has 2 aromatic carbocycles. The first-order valence-corrected chi connectivity index (χ1v) is 11.7. The van der Waals surface area contributed by atoms with Crippen molar-refractivity contribution in [1.29, 1.82) is 0 Å². The lowest BCUT2D eigenvalue weighted by atomic mass is 9.87. The monoisotopic (exact) mass is 455 g/mol. The number of halogens is 3. The summed E-state index contributed by atoms with van der Waals surface area (Å²) in [5.74, 6) is -1.92. The average Bonchev–Trinajstić information content (AvgIpc) is 3.13. The van der Waals surface area contributed by atoms with E-state index in [1.165, 1.54) is 31.4 Å². The van der Waals surface area contributed by atoms with E-state index in [0.717, 1.165) is 12.8 Å². The van der Waals surface area contributed by atoms with Gasteiger partial charge in [0.15, 0.2) is 0 Å². The second-order valence-corrected chi connectivity index (χ2v) is 9.56. The van der Waals surface area contributed by atoms with Crippen LogP contribution >= 0.6 is 0 Å². The molecule has 176 valence electrons. The number of rotatable bonds is 5. The summed E-state index contributed by atoms with van der Waals surface area (Å²) in [7, 11) is 0. The van der Waals surface area contributed by atoms with Gasteiger partial charge < -0.3 is 5.73 Å². The van der Waals surface area contributed by atoms with Crippen molar-refractivity contribution in [3.8, 4) is 0 Å². The molecule has 1 heterocycles. The molecule has 2 aliphatic rings. The van der Waals surface area contributed by atoms with Crippen LogP contribution in [-0.2, 0) is 6.42 Å². The summed E-state index contributed by atoms with van der Waals surface area (Å²) < 4.78 is 44.5. The summed E-state index contributed by atoms with van der Waals surface area (Å²) in [4.78, 5) is 0. The lowest BCUT2D eigenvalue weighted by Gasteiger charge is -2.34. The summed E-state index contributed by atoms with van der Waals surface area (Å²) in [6.45, 7) is 9.21. The van der Waals surface area contributed by atoms with Crippen LogP contribution in [0.15, 0.2) is 41.6 Å². The fraction of sp³-hybridized carbons (Fsp3) is 0.444. The van der Waals surface area contributed by atoms with Gasteiger partial charge in [-0.25, -0.2) is 13.2 Å². The SMILES string of the molecule is C=C(N)C1C(c2ccc(Cc3c(F)c(C)cc(C)c3F)cc2F)=NN(C2CCCCC2)C1C. The van der Waals surface area contributed by atoms with Crippen molar-refractivity contribution >= 4 is 5.71 Å². The van der Waals surface area contributed by atoms with Gasteiger partial charge in [-0.3, -0.25) is 5.01 Å². The lowest BCUT2D eigenvalue weighted by molar-refractivity contribution is 0.123. The van der Waals surface area contributed by atoms with Gasteiger partial charge in [-0.05, 0) is 62.4 Å². The molecule has 0 amide bonds. The Morgan fingerprint density at radius 2 is 1.70 bits per heavy atom. The fourth-order valence-electron chi connectivity index (χ4n) is 5.38. The van der Waals surface area contributed by atoms with Crippen LogP contribution in [0.2, 0.25) is 0 Å². The molecular weight excluding hydrogens is 423 g/mol. The van der Waals surface area contributed by atoms with E-state index in [-0.39, 0.29) is 23.9 Å². The van der Waals surface area contributed by atoms with Crippen molar-refractivity contribution in [2.75, 3.05) is 0 Å². The zero-order valence-electron chi connectivity index (χ0n) is 19.6. The molecule has 2 unspecified atom stereocenters. The van der Waals surface area contributed by atoms with Crippen LogP contribution < -0.4 is 5.73 Å². The minimum Gasteiger partial charge on any atom is -0.402 e. The van der Waals surface area contributed by atoms with E-state index in [4.69, 9.17) is 10.8 Å². The molecule has 2 N–H and O–H groups in total. The van der Waals surface area contributed by atoms with Crippen LogP contribution in [0.1, 0.15) is 66.8 Å². The molecule has 6 heteroatoms. The molecule has 1 aliphatic heterocycles. The summed E-state index contributed by atoms with van der Waals surface area (Å²) in [6.07, 6.45) is 5.68. The van der Waals surface area contributed by atoms with Crippen molar-refractivity contribution in [2.24, 2.45) is 16.8 Å². The lowest BCUT2D eigenvalue weighted by Crippen LogP contribution is -2.40. The van der Waals surface area contributed by atoms with Crippen molar-refractivity contribution in [3.63, 3.8) is 0 Å². The normalized spacial score (nSPS) is 21.4. The molecule has 0 aromatic heterocycles. The van der Waals surface area contributed by atoms with E-state index in [1.54, 1.807) is 26.0 Å². The Labute approximate surface area is 194 Å². The standard InChI is InChI=1S/C27H32F3N3/c1-15-12-16(2)26(30)22(25(15)29)13-19-10-11-21(23(28)14-19)27-24(17(3)31)18(4)33(32-27)20-8-6-5-7-9-20/h10-12,14,18,20,24H,3,5-9,13,31H2,1-2,4H3. The first-order valence-electron chi connectivity index (χ1n) is 11.7. The average molecular weight is 456 g/mol. The first-order chi connectivity index (χ1) is 15.7. The molecule has 1 saturated carbocycles. The molecule has 2 aromatic rings. The van der Waals surface area contributed by atoms with Crippen molar-refractivity contribution in [3.05, 3.63) is 81.8 Å². The Kier molecular flexibility index (Phi) is 6.55. The number of hydrogen-bond donors (Lipinski definition) is 1. The summed E-state index contributed by atoms with van der Waals surface area (Å²) in [6, 6.07) is 6.51. The Hall–Kier alpha value is -2.76. The molecule has 2 atom stereocenters. The van der Waals surface area contributed by atoms with Crippen molar-refractivity contribution in [2.45, 2.75) is 71.4 Å². The van der Waals surface area contributed by atoms with Crippen LogP contribution in [0.25, 0.3) is 0 Å². The highest BCUT2D eigenvalue weighted by molar-refractivity contribution is 6.05. The van der Waals surface area contributed by atoms with Crippen LogP contribution in [0, 0.1) is 37.2 Å². The summed E-state index contributed by atoms with van der Waals surface area (Å²) >= 11 is 0. The van der Waals surface area contributed by atoms with Gasteiger partial charge in [-0.15, -0.1) is 0 Å². The van der Waals surface area contributed by atoms with Gasteiger partial charge in [-0.1, -0.05) is 38.0 Å². The fourth-order valence-corrected chi connectivity index (χ4v) is 5.38. The zero-order chi connectivity index (χ0) is 23.9. The zero-order valence-corrected chi connectivity index (χ0v) is 19.6. The molecule has 3 nitrogen and oxygen atoms in total. The molecule has 0 saturated heterocycles. The highest BCUT2D eigenvalue weighted by atomic mass is 19.1. The van der Waals surface area contributed by atoms with Crippen molar-refractivity contribution in [1.82, 2.24) is 5.01 Å². The Balaban J connectivity index is 1.66. The Bertz CT molecular complexity index is 1080. The molecule has 33 heavy (non-hydrogen) atoms. The molecular formula is C27H32F3N3. The topological polar surface area (TPSA) is 41.6 Å². The maximum atomic E-state index is 15.3. The summed E-state index contributed by atoms with van der Waals surface area (Å²) in [5.41, 5.74) is 8.76. The van der Waals surface area contributed by atoms with Gasteiger partial charge >= 0.3 is 0 Å².